The van der Waals surface area contributed by atoms with Crippen LogP contribution in [0.2, 0.25) is 0 Å². The summed E-state index contributed by atoms with van der Waals surface area (Å²) in [6, 6.07) is 0. The summed E-state index contributed by atoms with van der Waals surface area (Å²) in [5, 5.41) is 7.65. The lowest BCUT2D eigenvalue weighted by molar-refractivity contribution is 0.391. The van der Waals surface area contributed by atoms with E-state index in [1.165, 1.54) is 102 Å². The number of hydrogen-bond donors (Lipinski definition) is 5. The van der Waals surface area contributed by atoms with Gasteiger partial charge in [0.2, 0.25) is 0 Å². The average molecular weight is 532 g/mol. The van der Waals surface area contributed by atoms with Crippen molar-refractivity contribution in [1.82, 2.24) is 22.1 Å². The Balaban J connectivity index is 0. The van der Waals surface area contributed by atoms with E-state index in [0.717, 1.165) is 13.1 Å². The number of amidine groups is 2. The molecule has 0 aromatic heterocycles. The van der Waals surface area contributed by atoms with Gasteiger partial charge in [-0.15, -0.1) is 0 Å². The molecule has 0 aliphatic carbocycles. The first-order valence-electron chi connectivity index (χ1n) is 11.0. The number of nitrogens with two attached hydrogens (primary N) is 2. The smallest absolute Gasteiger partial charge is 0.330 e. The van der Waals surface area contributed by atoms with E-state index in [-0.39, 0.29) is 12.3 Å². The molecule has 2 saturated heterocycles. The van der Waals surface area contributed by atoms with Crippen molar-refractivity contribution in [3.05, 3.63) is 0 Å². The van der Waals surface area contributed by atoms with Gasteiger partial charge in [0.05, 0.1) is 11.7 Å². The summed E-state index contributed by atoms with van der Waals surface area (Å²) < 4.78 is 51.8. The monoisotopic (exact) mass is 531 g/mol. The van der Waals surface area contributed by atoms with Gasteiger partial charge >= 0.3 is 10.3 Å². The fourth-order valence-corrected chi connectivity index (χ4v) is 3.88. The van der Waals surface area contributed by atoms with E-state index in [1.54, 1.807) is 0 Å². The lowest BCUT2D eigenvalue weighted by atomic mass is 10.2. The Morgan fingerprint density at radius 3 is 1.29 bits per heavy atom. The molecule has 0 radical (unpaired) electrons. The second kappa shape index (κ2) is 18.0. The predicted octanol–water partition coefficient (Wildman–Crippen LogP) is 0.806. The zero-order valence-electron chi connectivity index (χ0n) is 20.0. The molecule has 16 heteroatoms. The third-order valence-corrected chi connectivity index (χ3v) is 5.15. The molecule has 0 amide bonds. The van der Waals surface area contributed by atoms with E-state index in [0.29, 0.717) is 0 Å². The SMILES string of the molecule is C1CCC2=NCCCN2CC1.C1CCC2=NCCCN2CC1.N.N.NS(=O)(=O)O.NS(=O)(=O)[O-]. The summed E-state index contributed by atoms with van der Waals surface area (Å²) in [6.07, 6.45) is 13.3. The number of fused-ring (bicyclic) bond motifs is 2. The first-order valence-corrected chi connectivity index (χ1v) is 14.0. The van der Waals surface area contributed by atoms with Crippen molar-refractivity contribution in [2.75, 3.05) is 39.3 Å². The minimum Gasteiger partial charge on any atom is -0.736 e. The Kier molecular flexibility index (Phi) is 18.4. The molecule has 0 bridgehead atoms. The van der Waals surface area contributed by atoms with Gasteiger partial charge in [0.25, 0.3) is 0 Å². The van der Waals surface area contributed by atoms with Crippen LogP contribution in [0.1, 0.15) is 64.2 Å². The van der Waals surface area contributed by atoms with Crippen LogP contribution in [0.25, 0.3) is 0 Å². The molecule has 0 spiro atoms. The van der Waals surface area contributed by atoms with Gasteiger partial charge in [-0.2, -0.15) is 8.42 Å². The Bertz CT molecular complexity index is 736. The summed E-state index contributed by atoms with van der Waals surface area (Å²) in [5.41, 5.74) is 0. The molecular formula is C18H43N8O6S2-. The van der Waals surface area contributed by atoms with Crippen molar-refractivity contribution >= 4 is 32.3 Å². The molecule has 0 atom stereocenters. The molecule has 204 valence electrons. The van der Waals surface area contributed by atoms with Crippen LogP contribution in [0.15, 0.2) is 9.98 Å². The average Bonchev–Trinajstić information content (AvgIpc) is 3.06. The molecule has 11 N–H and O–H groups in total. The van der Waals surface area contributed by atoms with Crippen LogP contribution in [0.5, 0.6) is 0 Å². The number of aliphatic imine (C=N–C) groups is 2. The summed E-state index contributed by atoms with van der Waals surface area (Å²) in [7, 11) is -8.58. The summed E-state index contributed by atoms with van der Waals surface area (Å²) in [5.74, 6) is 2.79. The molecule has 0 aromatic rings. The van der Waals surface area contributed by atoms with E-state index >= 15 is 0 Å². The minimum atomic E-state index is -4.42. The van der Waals surface area contributed by atoms with Crippen LogP contribution < -0.4 is 22.6 Å². The van der Waals surface area contributed by atoms with Crippen molar-refractivity contribution in [2.24, 2.45) is 20.3 Å². The molecule has 4 heterocycles. The van der Waals surface area contributed by atoms with Gasteiger partial charge in [-0.25, -0.2) is 18.7 Å². The highest BCUT2D eigenvalue weighted by molar-refractivity contribution is 7.83. The van der Waals surface area contributed by atoms with E-state index in [9.17, 15) is 0 Å². The molecule has 0 unspecified atom stereocenters. The molecule has 4 aliphatic heterocycles. The molecule has 34 heavy (non-hydrogen) atoms. The maximum atomic E-state index is 8.97. The number of rotatable bonds is 0. The maximum Gasteiger partial charge on any atom is 0.330 e. The van der Waals surface area contributed by atoms with E-state index in [1.807, 2.05) is 0 Å². The van der Waals surface area contributed by atoms with Gasteiger partial charge < -0.3 is 26.7 Å². The van der Waals surface area contributed by atoms with Gasteiger partial charge in [0, 0.05) is 52.1 Å². The quantitative estimate of drug-likeness (QED) is 0.274. The van der Waals surface area contributed by atoms with Gasteiger partial charge in [0.1, 0.15) is 0 Å². The lowest BCUT2D eigenvalue weighted by Crippen LogP contribution is -2.34. The Hall–Kier alpha value is -1.40. The van der Waals surface area contributed by atoms with Gasteiger partial charge in [-0.05, 0) is 38.5 Å². The molecule has 4 aliphatic rings. The van der Waals surface area contributed by atoms with Crippen molar-refractivity contribution in [1.29, 1.82) is 0 Å². The summed E-state index contributed by atoms with van der Waals surface area (Å²) in [4.78, 5) is 14.1. The van der Waals surface area contributed by atoms with E-state index in [2.05, 4.69) is 30.1 Å². The minimum absolute atomic E-state index is 0. The second-order valence-corrected chi connectivity index (χ2v) is 9.92. The Labute approximate surface area is 204 Å². The van der Waals surface area contributed by atoms with Crippen molar-refractivity contribution in [3.63, 3.8) is 0 Å². The normalized spacial score (nSPS) is 19.9. The van der Waals surface area contributed by atoms with E-state index in [4.69, 9.17) is 25.9 Å². The van der Waals surface area contributed by atoms with Crippen molar-refractivity contribution in [3.8, 4) is 0 Å². The highest BCUT2D eigenvalue weighted by atomic mass is 32.2. The highest BCUT2D eigenvalue weighted by Gasteiger charge is 2.17. The van der Waals surface area contributed by atoms with Crippen LogP contribution in [0.3, 0.4) is 0 Å². The third-order valence-electron chi connectivity index (χ3n) is 5.15. The van der Waals surface area contributed by atoms with Gasteiger partial charge in [-0.1, -0.05) is 12.8 Å². The van der Waals surface area contributed by atoms with Crippen molar-refractivity contribution in [2.45, 2.75) is 64.2 Å². The molecule has 2 fully saturated rings. The van der Waals surface area contributed by atoms with Crippen LogP contribution >= 0.6 is 0 Å². The van der Waals surface area contributed by atoms with Gasteiger partial charge in [0.15, 0.2) is 10.3 Å². The largest absolute Gasteiger partial charge is 0.736 e. The fraction of sp³-hybridized carbons (Fsp3) is 0.889. The van der Waals surface area contributed by atoms with E-state index < -0.39 is 20.6 Å². The molecule has 4 rings (SSSR count). The second-order valence-electron chi connectivity index (χ2n) is 7.91. The fourth-order valence-electron chi connectivity index (χ4n) is 3.88. The Morgan fingerprint density at radius 2 is 0.971 bits per heavy atom. The number of nitrogens with zero attached hydrogens (tertiary/aromatic N) is 4. The first-order chi connectivity index (χ1) is 14.9. The standard InChI is InChI=1S/2C9H16N2.2H3NO3S.2H3N/c2*1-2-5-9-10-6-4-8-11(9)7-3-1;2*1-5(2,3)4;;/h2*1-8H2;2*(H3,1,2,3,4);2*1H3/p-1. The van der Waals surface area contributed by atoms with Crippen LogP contribution in [-0.2, 0) is 20.6 Å². The summed E-state index contributed by atoms with van der Waals surface area (Å²) in [6.45, 7) is 7.20. The zero-order chi connectivity index (χ0) is 24.0. The lowest BCUT2D eigenvalue weighted by Gasteiger charge is -2.27. The number of hydrogen-bond acceptors (Lipinski definition) is 11. The molecule has 0 saturated carbocycles. The molecular weight excluding hydrogens is 488 g/mol. The van der Waals surface area contributed by atoms with Gasteiger partial charge in [-0.3, -0.25) is 14.5 Å². The van der Waals surface area contributed by atoms with Crippen molar-refractivity contribution < 1.29 is 25.9 Å². The van der Waals surface area contributed by atoms with Crippen LogP contribution in [-0.4, -0.2) is 86.7 Å². The maximum absolute atomic E-state index is 8.97. The molecule has 0 aromatic carbocycles. The summed E-state index contributed by atoms with van der Waals surface area (Å²) >= 11 is 0. The first kappa shape index (κ1) is 34.8. The highest BCUT2D eigenvalue weighted by Crippen LogP contribution is 2.16. The zero-order valence-corrected chi connectivity index (χ0v) is 21.6. The third kappa shape index (κ3) is 20.0. The van der Waals surface area contributed by atoms with Crippen LogP contribution in [0.4, 0.5) is 0 Å². The molecule has 14 nitrogen and oxygen atoms in total. The predicted molar refractivity (Wildman–Crippen MR) is 134 cm³/mol. The topological polar surface area (TPSA) is 265 Å². The van der Waals surface area contributed by atoms with Crippen LogP contribution in [0, 0.1) is 0 Å². The Morgan fingerprint density at radius 1 is 0.676 bits per heavy atom.